The monoisotopic (exact) mass is 565 g/mol. The molecule has 10 nitrogen and oxygen atoms in total. The number of hydrogen-bond donors (Lipinski definition) is 2. The number of hydrogen-bond acceptors (Lipinski definition) is 6. The van der Waals surface area contributed by atoms with Crippen molar-refractivity contribution in [3.05, 3.63) is 67.7 Å². The zero-order chi connectivity index (χ0) is 28.8. The van der Waals surface area contributed by atoms with Crippen LogP contribution in [0.1, 0.15) is 58.4 Å². The zero-order valence-electron chi connectivity index (χ0n) is 21.9. The molecule has 2 aromatic heterocycles. The Morgan fingerprint density at radius 2 is 1.90 bits per heavy atom. The number of halogens is 4. The van der Waals surface area contributed by atoms with Crippen molar-refractivity contribution in [1.82, 2.24) is 29.5 Å². The largest absolute Gasteiger partial charge is 0.417 e. The summed E-state index contributed by atoms with van der Waals surface area (Å²) in [5, 5.41) is 9.47. The third-order valence-electron chi connectivity index (χ3n) is 6.37. The molecule has 1 aliphatic rings. The first-order valence-electron chi connectivity index (χ1n) is 12.1. The topological polar surface area (TPSA) is 114 Å². The molecule has 3 aromatic rings. The molecule has 1 atom stereocenters. The number of carbonyl (C=O) groups is 2. The standard InChI is InChI=1S/C25H27ClF3N7O3/c1-12(2)31-24-32-18-11-35(22(38)14-6-7-17(26)16(9-14)25(27,28)29)13(3)8-15(18)23(39)36(24)20-10-19(21(37)30-4)34(5)33-20/h6-7,9-10,12-13H,8,11H2,1-5H3,(H,30,37)(H,31,32)/t13-/m1/s1. The highest BCUT2D eigenvalue weighted by Crippen LogP contribution is 2.36. The third kappa shape index (κ3) is 5.35. The molecule has 3 heterocycles. The number of nitrogens with one attached hydrogen (secondary N) is 2. The minimum atomic E-state index is -4.72. The highest BCUT2D eigenvalue weighted by Gasteiger charge is 2.36. The van der Waals surface area contributed by atoms with Crippen LogP contribution in [0.3, 0.4) is 0 Å². The third-order valence-corrected chi connectivity index (χ3v) is 6.70. The highest BCUT2D eigenvalue weighted by molar-refractivity contribution is 6.31. The van der Waals surface area contributed by atoms with Gasteiger partial charge in [0.1, 0.15) is 5.69 Å². The van der Waals surface area contributed by atoms with E-state index < -0.39 is 34.3 Å². The summed E-state index contributed by atoms with van der Waals surface area (Å²) in [5.74, 6) is -0.679. The van der Waals surface area contributed by atoms with Gasteiger partial charge < -0.3 is 15.5 Å². The van der Waals surface area contributed by atoms with Crippen molar-refractivity contribution in [2.45, 2.75) is 52.0 Å². The summed E-state index contributed by atoms with van der Waals surface area (Å²) in [6.45, 7) is 5.31. The van der Waals surface area contributed by atoms with E-state index >= 15 is 0 Å². The molecule has 2 amide bonds. The lowest BCUT2D eigenvalue weighted by atomic mass is 9.98. The molecule has 0 bridgehead atoms. The number of alkyl halides is 3. The second-order valence-electron chi connectivity index (χ2n) is 9.57. The molecule has 39 heavy (non-hydrogen) atoms. The van der Waals surface area contributed by atoms with Gasteiger partial charge in [0.2, 0.25) is 5.95 Å². The van der Waals surface area contributed by atoms with Gasteiger partial charge >= 0.3 is 6.18 Å². The molecule has 0 fully saturated rings. The molecule has 1 aliphatic heterocycles. The van der Waals surface area contributed by atoms with Crippen LogP contribution in [0.4, 0.5) is 19.1 Å². The van der Waals surface area contributed by atoms with Gasteiger partial charge in [0.05, 0.1) is 22.8 Å². The van der Waals surface area contributed by atoms with E-state index in [0.717, 1.165) is 12.1 Å². The van der Waals surface area contributed by atoms with Gasteiger partial charge in [-0.15, -0.1) is 0 Å². The molecule has 0 aliphatic carbocycles. The van der Waals surface area contributed by atoms with Crippen LogP contribution in [0, 0.1) is 0 Å². The molecular weight excluding hydrogens is 539 g/mol. The Balaban J connectivity index is 1.78. The summed E-state index contributed by atoms with van der Waals surface area (Å²) >= 11 is 5.72. The van der Waals surface area contributed by atoms with Crippen LogP contribution in [-0.4, -0.2) is 55.2 Å². The van der Waals surface area contributed by atoms with Crippen LogP contribution in [0.25, 0.3) is 5.82 Å². The van der Waals surface area contributed by atoms with Crippen LogP contribution in [0.15, 0.2) is 29.1 Å². The maximum atomic E-state index is 13.8. The van der Waals surface area contributed by atoms with Gasteiger partial charge in [-0.25, -0.2) is 9.55 Å². The summed E-state index contributed by atoms with van der Waals surface area (Å²) in [6, 6.07) is 3.83. The predicted molar refractivity (Wildman–Crippen MR) is 138 cm³/mol. The number of aryl methyl sites for hydroxylation is 1. The number of rotatable bonds is 5. The lowest BCUT2D eigenvalue weighted by molar-refractivity contribution is -0.137. The van der Waals surface area contributed by atoms with Gasteiger partial charge in [-0.3, -0.25) is 19.1 Å². The SMILES string of the molecule is CNC(=O)c1cc(-n2c(NC(C)C)nc3c(c2=O)C[C@@H](C)N(C(=O)c2ccc(Cl)c(C(F)(F)F)c2)C3)nn1C. The van der Waals surface area contributed by atoms with Crippen molar-refractivity contribution in [2.75, 3.05) is 12.4 Å². The van der Waals surface area contributed by atoms with Crippen LogP contribution in [0.2, 0.25) is 5.02 Å². The van der Waals surface area contributed by atoms with E-state index in [-0.39, 0.29) is 47.9 Å². The van der Waals surface area contributed by atoms with Crippen LogP contribution < -0.4 is 16.2 Å². The highest BCUT2D eigenvalue weighted by atomic mass is 35.5. The molecular formula is C25H27ClF3N7O3. The van der Waals surface area contributed by atoms with Crippen LogP contribution in [-0.2, 0) is 26.2 Å². The van der Waals surface area contributed by atoms with Gasteiger partial charge in [-0.05, 0) is 45.4 Å². The lowest BCUT2D eigenvalue weighted by Gasteiger charge is -2.34. The van der Waals surface area contributed by atoms with Gasteiger partial charge in [-0.1, -0.05) is 11.6 Å². The van der Waals surface area contributed by atoms with E-state index in [2.05, 4.69) is 20.7 Å². The first-order valence-corrected chi connectivity index (χ1v) is 12.5. The van der Waals surface area contributed by atoms with Crippen molar-refractivity contribution in [3.8, 4) is 5.82 Å². The van der Waals surface area contributed by atoms with E-state index in [4.69, 9.17) is 11.6 Å². The second-order valence-corrected chi connectivity index (χ2v) is 9.98. The van der Waals surface area contributed by atoms with Crippen molar-refractivity contribution in [1.29, 1.82) is 0 Å². The van der Waals surface area contributed by atoms with Crippen LogP contribution in [0.5, 0.6) is 0 Å². The number of carbonyl (C=O) groups excluding carboxylic acids is 2. The van der Waals surface area contributed by atoms with Gasteiger partial charge in [0.15, 0.2) is 5.82 Å². The molecule has 0 saturated heterocycles. The second kappa shape index (κ2) is 10.4. The molecule has 1 aromatic carbocycles. The number of nitrogens with zero attached hydrogens (tertiary/aromatic N) is 5. The van der Waals surface area contributed by atoms with Crippen molar-refractivity contribution in [3.63, 3.8) is 0 Å². The molecule has 0 unspecified atom stereocenters. The fourth-order valence-corrected chi connectivity index (χ4v) is 4.67. The maximum Gasteiger partial charge on any atom is 0.417 e. The Morgan fingerprint density at radius 3 is 2.51 bits per heavy atom. The fourth-order valence-electron chi connectivity index (χ4n) is 4.44. The number of amides is 2. The number of aromatic nitrogens is 4. The van der Waals surface area contributed by atoms with Crippen LogP contribution >= 0.6 is 11.6 Å². The first kappa shape index (κ1) is 28.1. The smallest absolute Gasteiger partial charge is 0.354 e. The van der Waals surface area contributed by atoms with Gasteiger partial charge in [-0.2, -0.15) is 18.3 Å². The Morgan fingerprint density at radius 1 is 1.21 bits per heavy atom. The summed E-state index contributed by atoms with van der Waals surface area (Å²) in [6.07, 6.45) is -4.61. The molecule has 14 heteroatoms. The Kier molecular flexibility index (Phi) is 7.48. The van der Waals surface area contributed by atoms with Gasteiger partial charge in [0, 0.05) is 43.4 Å². The normalized spacial score (nSPS) is 15.3. The average molecular weight is 566 g/mol. The summed E-state index contributed by atoms with van der Waals surface area (Å²) in [5.41, 5.74) is -0.797. The van der Waals surface area contributed by atoms with E-state index in [1.165, 1.54) is 33.3 Å². The fraction of sp³-hybridized carbons (Fsp3) is 0.400. The van der Waals surface area contributed by atoms with Gasteiger partial charge in [0.25, 0.3) is 17.4 Å². The molecule has 0 radical (unpaired) electrons. The molecule has 208 valence electrons. The van der Waals surface area contributed by atoms with Crippen molar-refractivity contribution in [2.24, 2.45) is 7.05 Å². The molecule has 0 saturated carbocycles. The Hall–Kier alpha value is -3.87. The molecule has 4 rings (SSSR count). The zero-order valence-corrected chi connectivity index (χ0v) is 22.6. The van der Waals surface area contributed by atoms with E-state index in [9.17, 15) is 27.6 Å². The van der Waals surface area contributed by atoms with Crippen molar-refractivity contribution >= 4 is 29.4 Å². The molecule has 2 N–H and O–H groups in total. The summed E-state index contributed by atoms with van der Waals surface area (Å²) in [7, 11) is 3.06. The first-order chi connectivity index (χ1) is 18.2. The summed E-state index contributed by atoms with van der Waals surface area (Å²) in [4.78, 5) is 45.3. The summed E-state index contributed by atoms with van der Waals surface area (Å²) < 4.78 is 42.8. The number of anilines is 1. The quantitative estimate of drug-likeness (QED) is 0.490. The lowest BCUT2D eigenvalue weighted by Crippen LogP contribution is -2.46. The minimum Gasteiger partial charge on any atom is -0.354 e. The number of fused-ring (bicyclic) bond motifs is 1. The Bertz CT molecular complexity index is 1510. The maximum absolute atomic E-state index is 13.8. The van der Waals surface area contributed by atoms with E-state index in [1.54, 1.807) is 14.0 Å². The Labute approximate surface area is 226 Å². The average Bonchev–Trinajstić information content (AvgIpc) is 3.23. The molecule has 0 spiro atoms. The van der Waals surface area contributed by atoms with E-state index in [0.29, 0.717) is 11.3 Å². The minimum absolute atomic E-state index is 0.0894. The van der Waals surface area contributed by atoms with Crippen molar-refractivity contribution < 1.29 is 22.8 Å². The van der Waals surface area contributed by atoms with E-state index in [1.807, 2.05) is 13.8 Å². The number of benzene rings is 1. The predicted octanol–water partition coefficient (Wildman–Crippen LogP) is 3.41.